The number of nitrogens with one attached hydrogen (secondary N) is 2. The molecule has 1 aromatic heterocycles. The van der Waals surface area contributed by atoms with Gasteiger partial charge in [-0.25, -0.2) is 4.98 Å². The first-order chi connectivity index (χ1) is 9.65. The van der Waals surface area contributed by atoms with E-state index in [9.17, 15) is 4.79 Å². The van der Waals surface area contributed by atoms with Gasteiger partial charge in [-0.05, 0) is 26.0 Å². The molecular weight excluding hydrogens is 254 g/mol. The van der Waals surface area contributed by atoms with Crippen molar-refractivity contribution in [3.05, 3.63) is 41.4 Å². The minimum atomic E-state index is -0.171. The van der Waals surface area contributed by atoms with Crippen molar-refractivity contribution in [1.82, 2.24) is 15.3 Å². The van der Waals surface area contributed by atoms with Gasteiger partial charge >= 0.3 is 0 Å². The van der Waals surface area contributed by atoms with Crippen molar-refractivity contribution >= 4 is 16.9 Å². The average molecular weight is 271 g/mol. The zero-order valence-electron chi connectivity index (χ0n) is 11.6. The Labute approximate surface area is 117 Å². The lowest BCUT2D eigenvalue weighted by Gasteiger charge is -2.11. The summed E-state index contributed by atoms with van der Waals surface area (Å²) < 4.78 is 5.32. The second-order valence-corrected chi connectivity index (χ2v) is 4.97. The fourth-order valence-electron chi connectivity index (χ4n) is 2.37. The van der Waals surface area contributed by atoms with E-state index in [0.29, 0.717) is 13.0 Å². The predicted molar refractivity (Wildman–Crippen MR) is 75.9 cm³/mol. The van der Waals surface area contributed by atoms with Crippen LogP contribution < -0.4 is 5.32 Å². The molecule has 5 heteroatoms. The van der Waals surface area contributed by atoms with Crippen molar-refractivity contribution in [1.29, 1.82) is 0 Å². The van der Waals surface area contributed by atoms with E-state index >= 15 is 0 Å². The third kappa shape index (κ3) is 2.27. The molecule has 2 aromatic rings. The number of hydrogen-bond acceptors (Lipinski definition) is 3. The lowest BCUT2D eigenvalue weighted by Crippen LogP contribution is -2.28. The Hall–Kier alpha value is -2.30. The highest BCUT2D eigenvalue weighted by Crippen LogP contribution is 2.20. The summed E-state index contributed by atoms with van der Waals surface area (Å²) in [7, 11) is 0. The number of fused-ring (bicyclic) bond motifs is 1. The predicted octanol–water partition coefficient (Wildman–Crippen LogP) is 2.43. The normalized spacial score (nSPS) is 16.3. The molecule has 5 nitrogen and oxygen atoms in total. The highest BCUT2D eigenvalue weighted by molar-refractivity contribution is 5.94. The van der Waals surface area contributed by atoms with Gasteiger partial charge in [-0.1, -0.05) is 12.1 Å². The number of aromatic nitrogens is 2. The van der Waals surface area contributed by atoms with Gasteiger partial charge in [0, 0.05) is 6.42 Å². The van der Waals surface area contributed by atoms with E-state index in [2.05, 4.69) is 15.3 Å². The number of nitrogens with zero attached hydrogens (tertiary/aromatic N) is 1. The highest BCUT2D eigenvalue weighted by Gasteiger charge is 2.22. The number of hydrogen-bond donors (Lipinski definition) is 2. The van der Waals surface area contributed by atoms with Crippen LogP contribution in [0.5, 0.6) is 0 Å². The van der Waals surface area contributed by atoms with E-state index in [1.54, 1.807) is 0 Å². The molecular formula is C15H17N3O2. The molecule has 0 aliphatic carbocycles. The lowest BCUT2D eigenvalue weighted by molar-refractivity contribution is -0.118. The average Bonchev–Trinajstić information content (AvgIpc) is 3.04. The van der Waals surface area contributed by atoms with Crippen LogP contribution in [-0.2, 0) is 9.53 Å². The Morgan fingerprint density at radius 3 is 2.95 bits per heavy atom. The van der Waals surface area contributed by atoms with Crippen molar-refractivity contribution in [3.8, 4) is 0 Å². The largest absolute Gasteiger partial charge is 0.497 e. The van der Waals surface area contributed by atoms with Gasteiger partial charge < -0.3 is 15.0 Å². The minimum absolute atomic E-state index is 0.0760. The maximum Gasteiger partial charge on any atom is 0.251 e. The maximum atomic E-state index is 12.2. The summed E-state index contributed by atoms with van der Waals surface area (Å²) in [6, 6.07) is 7.65. The number of aromatic amines is 1. The fraction of sp³-hybridized carbons (Fsp3) is 0.333. The molecule has 0 saturated carbocycles. The summed E-state index contributed by atoms with van der Waals surface area (Å²) in [5.74, 6) is 1.41. The molecule has 0 bridgehead atoms. The Kier molecular flexibility index (Phi) is 3.18. The Morgan fingerprint density at radius 2 is 2.25 bits per heavy atom. The number of allylic oxidation sites excluding steroid dienone is 1. The molecule has 0 fully saturated rings. The topological polar surface area (TPSA) is 67.0 Å². The summed E-state index contributed by atoms with van der Waals surface area (Å²) in [5, 5.41) is 2.96. The number of H-pyrrole nitrogens is 1. The standard InChI is InChI=1S/C15H17N3O2/c1-9(16-15(19)11-7-8-20-10(11)2)14-17-12-5-3-4-6-13(12)18-14/h3-6,9H,7-8H2,1-2H3,(H,16,19)(H,17,18)/t9-/m0/s1. The molecule has 1 aliphatic rings. The van der Waals surface area contributed by atoms with E-state index in [-0.39, 0.29) is 11.9 Å². The first kappa shape index (κ1) is 12.7. The Morgan fingerprint density at radius 1 is 1.45 bits per heavy atom. The summed E-state index contributed by atoms with van der Waals surface area (Å²) in [6.45, 7) is 4.34. The van der Waals surface area contributed by atoms with Gasteiger partial charge in [0.2, 0.25) is 0 Å². The zero-order chi connectivity index (χ0) is 14.1. The number of ether oxygens (including phenoxy) is 1. The maximum absolute atomic E-state index is 12.2. The monoisotopic (exact) mass is 271 g/mol. The third-order valence-corrected chi connectivity index (χ3v) is 3.54. The second-order valence-electron chi connectivity index (χ2n) is 4.97. The van der Waals surface area contributed by atoms with Crippen molar-refractivity contribution in [3.63, 3.8) is 0 Å². The third-order valence-electron chi connectivity index (χ3n) is 3.54. The van der Waals surface area contributed by atoms with Crippen LogP contribution in [-0.4, -0.2) is 22.5 Å². The Balaban J connectivity index is 1.77. The molecule has 0 saturated heterocycles. The smallest absolute Gasteiger partial charge is 0.251 e. The van der Waals surface area contributed by atoms with Gasteiger partial charge in [-0.3, -0.25) is 4.79 Å². The molecule has 2 N–H and O–H groups in total. The number of carbonyl (C=O) groups is 1. The number of benzene rings is 1. The van der Waals surface area contributed by atoms with Crippen molar-refractivity contribution in [2.24, 2.45) is 0 Å². The van der Waals surface area contributed by atoms with Crippen LogP contribution in [0.4, 0.5) is 0 Å². The number of amides is 1. The molecule has 3 rings (SSSR count). The van der Waals surface area contributed by atoms with Crippen molar-refractivity contribution < 1.29 is 9.53 Å². The molecule has 1 amide bonds. The van der Waals surface area contributed by atoms with Crippen LogP contribution >= 0.6 is 0 Å². The molecule has 1 atom stereocenters. The second kappa shape index (κ2) is 5.00. The van der Waals surface area contributed by atoms with Crippen LogP contribution in [0.15, 0.2) is 35.6 Å². The number of para-hydroxylation sites is 2. The molecule has 1 aromatic carbocycles. The summed E-state index contributed by atoms with van der Waals surface area (Å²) in [5.41, 5.74) is 2.61. The van der Waals surface area contributed by atoms with E-state index in [1.165, 1.54) is 0 Å². The zero-order valence-corrected chi connectivity index (χ0v) is 11.6. The van der Waals surface area contributed by atoms with Gasteiger partial charge in [0.1, 0.15) is 11.6 Å². The Bertz CT molecular complexity index is 654. The molecule has 104 valence electrons. The van der Waals surface area contributed by atoms with Gasteiger partial charge in [-0.2, -0.15) is 0 Å². The van der Waals surface area contributed by atoms with Crippen LogP contribution in [0.25, 0.3) is 11.0 Å². The SMILES string of the molecule is CC1=C(C(=O)N[C@@H](C)c2nc3ccccc3[nH]2)CCO1. The summed E-state index contributed by atoms with van der Waals surface area (Å²) in [4.78, 5) is 19.9. The van der Waals surface area contributed by atoms with Crippen LogP contribution in [0.2, 0.25) is 0 Å². The fourth-order valence-corrected chi connectivity index (χ4v) is 2.37. The summed E-state index contributed by atoms with van der Waals surface area (Å²) >= 11 is 0. The van der Waals surface area contributed by atoms with Gasteiger partial charge in [0.15, 0.2) is 0 Å². The highest BCUT2D eigenvalue weighted by atomic mass is 16.5. The minimum Gasteiger partial charge on any atom is -0.497 e. The van der Waals surface area contributed by atoms with Gasteiger partial charge in [0.05, 0.1) is 29.3 Å². The molecule has 2 heterocycles. The van der Waals surface area contributed by atoms with Gasteiger partial charge in [-0.15, -0.1) is 0 Å². The van der Waals surface area contributed by atoms with Crippen molar-refractivity contribution in [2.45, 2.75) is 26.3 Å². The molecule has 20 heavy (non-hydrogen) atoms. The van der Waals surface area contributed by atoms with E-state index < -0.39 is 0 Å². The quantitative estimate of drug-likeness (QED) is 0.901. The van der Waals surface area contributed by atoms with Gasteiger partial charge in [0.25, 0.3) is 5.91 Å². The number of imidazole rings is 1. The molecule has 1 aliphatic heterocycles. The van der Waals surface area contributed by atoms with E-state index in [1.807, 2.05) is 38.1 Å². The lowest BCUT2D eigenvalue weighted by atomic mass is 10.1. The van der Waals surface area contributed by atoms with E-state index in [4.69, 9.17) is 4.74 Å². The van der Waals surface area contributed by atoms with Crippen LogP contribution in [0.3, 0.4) is 0 Å². The molecule has 0 unspecified atom stereocenters. The van der Waals surface area contributed by atoms with Crippen LogP contribution in [0.1, 0.15) is 32.1 Å². The molecule has 0 radical (unpaired) electrons. The first-order valence-electron chi connectivity index (χ1n) is 6.73. The first-order valence-corrected chi connectivity index (χ1v) is 6.73. The number of carbonyl (C=O) groups excluding carboxylic acids is 1. The molecule has 0 spiro atoms. The number of rotatable bonds is 3. The van der Waals surface area contributed by atoms with Crippen molar-refractivity contribution in [2.75, 3.05) is 6.61 Å². The van der Waals surface area contributed by atoms with Crippen LogP contribution in [0, 0.1) is 0 Å². The summed E-state index contributed by atoms with van der Waals surface area (Å²) in [6.07, 6.45) is 0.671. The van der Waals surface area contributed by atoms with E-state index in [0.717, 1.165) is 28.2 Å².